The lowest BCUT2D eigenvalue weighted by Gasteiger charge is -2.14. The quantitative estimate of drug-likeness (QED) is 0.784. The van der Waals surface area contributed by atoms with Gasteiger partial charge in [-0.3, -0.25) is 0 Å². The molecule has 2 aromatic heterocycles. The van der Waals surface area contributed by atoms with Crippen molar-refractivity contribution in [3.63, 3.8) is 0 Å². The van der Waals surface area contributed by atoms with Crippen LogP contribution in [-0.2, 0) is 16.6 Å². The van der Waals surface area contributed by atoms with Gasteiger partial charge >= 0.3 is 0 Å². The van der Waals surface area contributed by atoms with Crippen LogP contribution in [0.3, 0.4) is 0 Å². The van der Waals surface area contributed by atoms with Crippen LogP contribution in [0.2, 0.25) is 5.02 Å². The maximum Gasteiger partial charge on any atom is 0.252 e. The molecule has 0 saturated heterocycles. The van der Waals surface area contributed by atoms with Crippen LogP contribution in [0.4, 0.5) is 0 Å². The number of aromatic nitrogens is 1. The summed E-state index contributed by atoms with van der Waals surface area (Å²) in [6.45, 7) is 2.19. The minimum Gasteiger partial charge on any atom is -0.250 e. The van der Waals surface area contributed by atoms with Crippen LogP contribution in [0.5, 0.6) is 0 Å². The Bertz CT molecular complexity index is 676. The molecule has 0 aliphatic heterocycles. The predicted molar refractivity (Wildman–Crippen MR) is 82.5 cm³/mol. The molecule has 0 aliphatic rings. The summed E-state index contributed by atoms with van der Waals surface area (Å²) in [4.78, 5) is 5.02. The lowest BCUT2D eigenvalue weighted by Crippen LogP contribution is -2.25. The topological polar surface area (TPSA) is 50.3 Å². The van der Waals surface area contributed by atoms with E-state index in [1.165, 1.54) is 21.7 Å². The summed E-state index contributed by atoms with van der Waals surface area (Å²) in [7, 11) is -1.97. The third-order valence-corrected chi connectivity index (χ3v) is 7.96. The van der Waals surface area contributed by atoms with E-state index in [-0.39, 0.29) is 4.21 Å². The minimum absolute atomic E-state index is 0.230. The summed E-state index contributed by atoms with van der Waals surface area (Å²) >= 11 is 11.7. The fourth-order valence-corrected chi connectivity index (χ4v) is 6.08. The summed E-state index contributed by atoms with van der Waals surface area (Å²) in [6.07, 6.45) is 1.70. The Morgan fingerprint density at radius 3 is 2.63 bits per heavy atom. The van der Waals surface area contributed by atoms with Gasteiger partial charge in [-0.25, -0.2) is 13.4 Å². The van der Waals surface area contributed by atoms with E-state index >= 15 is 0 Å². The lowest BCUT2D eigenvalue weighted by atomic mass is 10.5. The summed E-state index contributed by atoms with van der Waals surface area (Å²) in [5, 5.41) is 1.33. The highest BCUT2D eigenvalue weighted by Crippen LogP contribution is 2.36. The largest absolute Gasteiger partial charge is 0.252 e. The van der Waals surface area contributed by atoms with Gasteiger partial charge in [-0.15, -0.1) is 22.7 Å². The van der Waals surface area contributed by atoms with Gasteiger partial charge in [-0.05, 0) is 28.9 Å². The molecule has 4 nitrogen and oxygen atoms in total. The maximum absolute atomic E-state index is 12.3. The highest BCUT2D eigenvalue weighted by molar-refractivity contribution is 9.11. The van der Waals surface area contributed by atoms with E-state index in [4.69, 9.17) is 11.6 Å². The number of hydrogen-bond donors (Lipinski definition) is 0. The molecule has 0 fully saturated rings. The third-order valence-electron chi connectivity index (χ3n) is 2.33. The van der Waals surface area contributed by atoms with Gasteiger partial charge in [-0.2, -0.15) is 4.31 Å². The molecule has 0 bridgehead atoms. The van der Waals surface area contributed by atoms with Crippen molar-refractivity contribution in [3.8, 4) is 0 Å². The van der Waals surface area contributed by atoms with E-state index in [0.29, 0.717) is 15.4 Å². The average molecular weight is 402 g/mol. The molecule has 2 rings (SSSR count). The Morgan fingerprint density at radius 2 is 2.16 bits per heavy atom. The summed E-state index contributed by atoms with van der Waals surface area (Å²) in [5.74, 6) is 0. The summed E-state index contributed by atoms with van der Waals surface area (Å²) in [5.41, 5.74) is 0. The van der Waals surface area contributed by atoms with E-state index in [2.05, 4.69) is 20.9 Å². The number of rotatable bonds is 4. The monoisotopic (exact) mass is 400 g/mol. The van der Waals surface area contributed by atoms with Crippen LogP contribution in [0.1, 0.15) is 9.88 Å². The predicted octanol–water partition coefficient (Wildman–Crippen LogP) is 3.75. The van der Waals surface area contributed by atoms with E-state index < -0.39 is 10.0 Å². The molecule has 0 atom stereocenters. The van der Waals surface area contributed by atoms with Crippen LogP contribution in [0.25, 0.3) is 0 Å². The van der Waals surface area contributed by atoms with Crippen molar-refractivity contribution in [3.05, 3.63) is 31.0 Å². The Morgan fingerprint density at radius 1 is 1.47 bits per heavy atom. The number of sulfonamides is 1. The highest BCUT2D eigenvalue weighted by Gasteiger charge is 2.24. The molecule has 19 heavy (non-hydrogen) atoms. The van der Waals surface area contributed by atoms with E-state index in [0.717, 1.165) is 21.2 Å². The fraction of sp³-hybridized carbons (Fsp3) is 0.300. The Balaban J connectivity index is 2.24. The Kier molecular flexibility index (Phi) is 4.69. The van der Waals surface area contributed by atoms with Gasteiger partial charge in [0.15, 0.2) is 0 Å². The zero-order valence-electron chi connectivity index (χ0n) is 10.1. The van der Waals surface area contributed by atoms with E-state index in [1.807, 2.05) is 6.92 Å². The number of thiazole rings is 1. The molecule has 0 aliphatic carbocycles. The Labute approximate surface area is 133 Å². The van der Waals surface area contributed by atoms with Crippen LogP contribution in [0, 0.1) is 6.92 Å². The first-order chi connectivity index (χ1) is 8.80. The molecule has 104 valence electrons. The molecule has 2 aromatic rings. The maximum atomic E-state index is 12.3. The second-order valence-electron chi connectivity index (χ2n) is 3.79. The average Bonchev–Trinajstić information content (AvgIpc) is 2.87. The van der Waals surface area contributed by atoms with Gasteiger partial charge in [-0.1, -0.05) is 11.6 Å². The van der Waals surface area contributed by atoms with Crippen molar-refractivity contribution < 1.29 is 8.42 Å². The Hall–Kier alpha value is 0.01000. The van der Waals surface area contributed by atoms with Crippen molar-refractivity contribution >= 4 is 60.2 Å². The van der Waals surface area contributed by atoms with Crippen molar-refractivity contribution in [2.24, 2.45) is 0 Å². The zero-order valence-corrected chi connectivity index (χ0v) is 14.8. The van der Waals surface area contributed by atoms with Crippen LogP contribution in [0.15, 0.2) is 20.3 Å². The minimum atomic E-state index is -3.51. The molecule has 0 unspecified atom stereocenters. The first kappa shape index (κ1) is 15.4. The van der Waals surface area contributed by atoms with Gasteiger partial charge in [0.25, 0.3) is 10.0 Å². The standard InChI is InChI=1S/C10H10BrClN2O2S3/c1-6-13-4-7(17-6)5-14(2)19(15,16)9-3-8(12)10(11)18-9/h3-4H,5H2,1-2H3. The van der Waals surface area contributed by atoms with Crippen molar-refractivity contribution in [1.82, 2.24) is 9.29 Å². The normalized spacial score (nSPS) is 12.3. The van der Waals surface area contributed by atoms with Crippen LogP contribution < -0.4 is 0 Å². The van der Waals surface area contributed by atoms with Gasteiger partial charge in [0, 0.05) is 24.7 Å². The van der Waals surface area contributed by atoms with E-state index in [9.17, 15) is 8.42 Å². The van der Waals surface area contributed by atoms with Crippen LogP contribution >= 0.6 is 50.2 Å². The SMILES string of the molecule is Cc1ncc(CN(C)S(=O)(=O)c2cc(Cl)c(Br)s2)s1. The second-order valence-corrected chi connectivity index (χ2v) is 10.2. The van der Waals surface area contributed by atoms with Gasteiger partial charge < -0.3 is 0 Å². The fourth-order valence-electron chi connectivity index (χ4n) is 1.39. The molecule has 0 saturated carbocycles. The summed E-state index contributed by atoms with van der Waals surface area (Å²) in [6, 6.07) is 1.46. The van der Waals surface area contributed by atoms with Gasteiger partial charge in [0.1, 0.15) is 4.21 Å². The number of thiophene rings is 1. The molecule has 0 radical (unpaired) electrons. The molecule has 2 heterocycles. The third kappa shape index (κ3) is 3.37. The molecular formula is C10H10BrClN2O2S3. The summed E-state index contributed by atoms with van der Waals surface area (Å²) < 4.78 is 26.8. The molecule has 0 N–H and O–H groups in total. The van der Waals surface area contributed by atoms with Crippen molar-refractivity contribution in [2.75, 3.05) is 7.05 Å². The van der Waals surface area contributed by atoms with Crippen molar-refractivity contribution in [1.29, 1.82) is 0 Å². The van der Waals surface area contributed by atoms with Crippen LogP contribution in [-0.4, -0.2) is 24.8 Å². The number of aryl methyl sites for hydroxylation is 1. The molecular weight excluding hydrogens is 392 g/mol. The molecule has 0 aromatic carbocycles. The van der Waals surface area contributed by atoms with Crippen molar-refractivity contribution in [2.45, 2.75) is 17.7 Å². The molecule has 9 heteroatoms. The van der Waals surface area contributed by atoms with E-state index in [1.54, 1.807) is 13.2 Å². The zero-order chi connectivity index (χ0) is 14.2. The smallest absolute Gasteiger partial charge is 0.250 e. The highest BCUT2D eigenvalue weighted by atomic mass is 79.9. The number of halogens is 2. The number of nitrogens with zero attached hydrogens (tertiary/aromatic N) is 2. The molecule has 0 amide bonds. The van der Waals surface area contributed by atoms with Gasteiger partial charge in [0.05, 0.1) is 13.8 Å². The number of hydrogen-bond acceptors (Lipinski definition) is 5. The molecule has 0 spiro atoms. The first-order valence-corrected chi connectivity index (χ1v) is 9.37. The first-order valence-electron chi connectivity index (χ1n) is 5.13. The van der Waals surface area contributed by atoms with Gasteiger partial charge in [0.2, 0.25) is 0 Å². The lowest BCUT2D eigenvalue weighted by molar-refractivity contribution is 0.471. The second kappa shape index (κ2) is 5.79.